The van der Waals surface area contributed by atoms with Crippen molar-refractivity contribution in [2.75, 3.05) is 39.0 Å². The van der Waals surface area contributed by atoms with Crippen LogP contribution in [-0.4, -0.2) is 70.4 Å². The summed E-state index contributed by atoms with van der Waals surface area (Å²) in [6.07, 6.45) is 2.72. The van der Waals surface area contributed by atoms with Crippen molar-refractivity contribution >= 4 is 39.4 Å². The van der Waals surface area contributed by atoms with Gasteiger partial charge in [-0.1, -0.05) is 0 Å². The molecule has 4 heterocycles. The largest absolute Gasteiger partial charge is 0.348 e. The number of hydrogen-bond acceptors (Lipinski definition) is 7. The van der Waals surface area contributed by atoms with Gasteiger partial charge in [-0.2, -0.15) is 0 Å². The van der Waals surface area contributed by atoms with Crippen LogP contribution in [0.5, 0.6) is 0 Å². The predicted octanol–water partition coefficient (Wildman–Crippen LogP) is 2.74. The lowest BCUT2D eigenvalue weighted by molar-refractivity contribution is 0.0500. The summed E-state index contributed by atoms with van der Waals surface area (Å²) in [6.45, 7) is 3.47. The molecule has 3 aromatic heterocycles. The highest BCUT2D eigenvalue weighted by molar-refractivity contribution is 7.17. The third-order valence-electron chi connectivity index (χ3n) is 5.27. The fourth-order valence-electron chi connectivity index (χ4n) is 3.42. The molecular weight excluding hydrogens is 433 g/mol. The normalized spacial score (nSPS) is 14.7. The highest BCUT2D eigenvalue weighted by Gasteiger charge is 2.33. The van der Waals surface area contributed by atoms with Crippen LogP contribution in [-0.2, 0) is 0 Å². The molecule has 3 aromatic rings. The molecule has 1 aliphatic rings. The van der Waals surface area contributed by atoms with E-state index in [1.165, 1.54) is 22.3 Å². The Kier molecular flexibility index (Phi) is 6.17. The number of hydrogen-bond donors (Lipinski definition) is 2. The molecule has 1 aliphatic heterocycles. The molecule has 2 N–H and O–H groups in total. The number of nitrogens with zero attached hydrogens (tertiary/aromatic N) is 5. The molecule has 3 amide bonds. The summed E-state index contributed by atoms with van der Waals surface area (Å²) >= 11 is 1.42. The number of anilines is 1. The van der Waals surface area contributed by atoms with E-state index in [0.717, 1.165) is 10.9 Å². The fourth-order valence-corrected chi connectivity index (χ4v) is 4.23. The number of nitrogens with one attached hydrogen (secondary N) is 2. The van der Waals surface area contributed by atoms with Gasteiger partial charge in [0.25, 0.3) is 5.91 Å². The molecule has 0 saturated carbocycles. The third kappa shape index (κ3) is 4.62. The van der Waals surface area contributed by atoms with Crippen LogP contribution in [0.3, 0.4) is 0 Å². The maximum Gasteiger partial charge on any atom is 0.316 e. The number of carbonyl (C=O) groups excluding carboxylic acids is 2. The molecule has 0 aliphatic carbocycles. The Morgan fingerprint density at radius 1 is 1.31 bits per heavy atom. The monoisotopic (exact) mass is 457 g/mol. The van der Waals surface area contributed by atoms with E-state index in [4.69, 9.17) is 0 Å². The number of fused-ring (bicyclic) bond motifs is 1. The van der Waals surface area contributed by atoms with Crippen LogP contribution in [0.4, 0.5) is 15.1 Å². The SMILES string of the molecule is CC(Nc1nc(C(=O)N2CC(CNC(=O)N(C)C)C2)c2sccc2n1)c1cncc(F)c1. The molecule has 1 unspecified atom stereocenters. The van der Waals surface area contributed by atoms with Gasteiger partial charge in [0, 0.05) is 45.8 Å². The molecule has 9 nitrogen and oxygen atoms in total. The summed E-state index contributed by atoms with van der Waals surface area (Å²) in [5.41, 5.74) is 1.67. The summed E-state index contributed by atoms with van der Waals surface area (Å²) in [6, 6.07) is 2.79. The highest BCUT2D eigenvalue weighted by Crippen LogP contribution is 2.28. The molecule has 0 bridgehead atoms. The minimum atomic E-state index is -0.421. The van der Waals surface area contributed by atoms with Gasteiger partial charge in [-0.15, -0.1) is 11.3 Å². The van der Waals surface area contributed by atoms with Gasteiger partial charge in [-0.3, -0.25) is 9.78 Å². The maximum absolute atomic E-state index is 13.5. The maximum atomic E-state index is 13.5. The second-order valence-corrected chi connectivity index (χ2v) is 8.91. The lowest BCUT2D eigenvalue weighted by Crippen LogP contribution is -2.54. The van der Waals surface area contributed by atoms with Gasteiger partial charge in [0.1, 0.15) is 5.82 Å². The van der Waals surface area contributed by atoms with E-state index >= 15 is 0 Å². The lowest BCUT2D eigenvalue weighted by Gasteiger charge is -2.39. The topological polar surface area (TPSA) is 103 Å². The Morgan fingerprint density at radius 3 is 2.81 bits per heavy atom. The number of rotatable bonds is 6. The predicted molar refractivity (Wildman–Crippen MR) is 120 cm³/mol. The molecule has 32 heavy (non-hydrogen) atoms. The van der Waals surface area contributed by atoms with Crippen molar-refractivity contribution in [3.63, 3.8) is 0 Å². The standard InChI is InChI=1S/C21H24FN7O2S/c1-12(14-6-15(22)9-23-8-14)25-20-26-16-4-5-32-18(16)17(27-20)19(30)29-10-13(11-29)7-24-21(31)28(2)3/h4-6,8-9,12-13H,7,10-11H2,1-3H3,(H,24,31)(H,25,26,27). The zero-order valence-electron chi connectivity index (χ0n) is 18.0. The van der Waals surface area contributed by atoms with Crippen molar-refractivity contribution in [3.05, 3.63) is 47.0 Å². The second kappa shape index (κ2) is 9.03. The van der Waals surface area contributed by atoms with Crippen LogP contribution in [0, 0.1) is 11.7 Å². The first-order valence-corrected chi connectivity index (χ1v) is 11.1. The van der Waals surface area contributed by atoms with Gasteiger partial charge < -0.3 is 20.4 Å². The smallest absolute Gasteiger partial charge is 0.316 e. The van der Waals surface area contributed by atoms with Gasteiger partial charge in [-0.05, 0) is 30.0 Å². The Labute approximate surface area is 188 Å². The second-order valence-electron chi connectivity index (χ2n) is 7.99. The Balaban J connectivity index is 1.46. The van der Waals surface area contributed by atoms with Crippen molar-refractivity contribution in [1.82, 2.24) is 30.1 Å². The Bertz CT molecular complexity index is 1150. The average molecular weight is 458 g/mol. The minimum absolute atomic E-state index is 0.149. The van der Waals surface area contributed by atoms with Crippen LogP contribution < -0.4 is 10.6 Å². The number of amides is 3. The van der Waals surface area contributed by atoms with Gasteiger partial charge in [0.2, 0.25) is 5.95 Å². The van der Waals surface area contributed by atoms with Crippen LogP contribution in [0.15, 0.2) is 29.9 Å². The number of aromatic nitrogens is 3. The molecule has 0 radical (unpaired) electrons. The zero-order chi connectivity index (χ0) is 22.8. The summed E-state index contributed by atoms with van der Waals surface area (Å²) in [4.78, 5) is 40.9. The van der Waals surface area contributed by atoms with Crippen LogP contribution in [0.25, 0.3) is 10.2 Å². The summed E-state index contributed by atoms with van der Waals surface area (Å²) in [5.74, 6) is -0.0820. The van der Waals surface area contributed by atoms with Gasteiger partial charge in [0.05, 0.1) is 22.5 Å². The van der Waals surface area contributed by atoms with E-state index in [0.29, 0.717) is 42.4 Å². The van der Waals surface area contributed by atoms with E-state index in [1.807, 2.05) is 18.4 Å². The molecule has 4 rings (SSSR count). The highest BCUT2D eigenvalue weighted by atomic mass is 32.1. The van der Waals surface area contributed by atoms with E-state index < -0.39 is 5.82 Å². The Hall–Kier alpha value is -3.34. The molecule has 0 spiro atoms. The molecule has 168 valence electrons. The van der Waals surface area contributed by atoms with Crippen LogP contribution in [0.2, 0.25) is 0 Å². The van der Waals surface area contributed by atoms with E-state index in [-0.39, 0.29) is 23.9 Å². The number of halogens is 1. The Morgan fingerprint density at radius 2 is 2.09 bits per heavy atom. The average Bonchev–Trinajstić information content (AvgIpc) is 3.20. The first-order valence-electron chi connectivity index (χ1n) is 10.2. The molecule has 1 saturated heterocycles. The number of thiophene rings is 1. The van der Waals surface area contributed by atoms with Gasteiger partial charge in [0.15, 0.2) is 5.69 Å². The molecule has 0 aromatic carbocycles. The first kappa shape index (κ1) is 21.9. The third-order valence-corrected chi connectivity index (χ3v) is 6.18. The van der Waals surface area contributed by atoms with Crippen molar-refractivity contribution < 1.29 is 14.0 Å². The summed E-state index contributed by atoms with van der Waals surface area (Å²) < 4.78 is 14.2. The molecular formula is C21H24FN7O2S. The van der Waals surface area contributed by atoms with E-state index in [2.05, 4.69) is 25.6 Å². The van der Waals surface area contributed by atoms with E-state index in [1.54, 1.807) is 25.2 Å². The van der Waals surface area contributed by atoms with Crippen molar-refractivity contribution in [2.45, 2.75) is 13.0 Å². The fraction of sp³-hybridized carbons (Fsp3) is 0.381. The molecule has 1 atom stereocenters. The van der Waals surface area contributed by atoms with Crippen LogP contribution >= 0.6 is 11.3 Å². The molecule has 11 heteroatoms. The van der Waals surface area contributed by atoms with Crippen LogP contribution in [0.1, 0.15) is 29.0 Å². The summed E-state index contributed by atoms with van der Waals surface area (Å²) in [5, 5.41) is 7.86. The quantitative estimate of drug-likeness (QED) is 0.590. The van der Waals surface area contributed by atoms with Crippen molar-refractivity contribution in [3.8, 4) is 0 Å². The van der Waals surface area contributed by atoms with Crippen molar-refractivity contribution in [1.29, 1.82) is 0 Å². The first-order chi connectivity index (χ1) is 15.3. The zero-order valence-corrected chi connectivity index (χ0v) is 18.8. The van der Waals surface area contributed by atoms with Gasteiger partial charge in [-0.25, -0.2) is 19.2 Å². The molecule has 1 fully saturated rings. The van der Waals surface area contributed by atoms with E-state index in [9.17, 15) is 14.0 Å². The van der Waals surface area contributed by atoms with Crippen molar-refractivity contribution in [2.24, 2.45) is 5.92 Å². The number of carbonyl (C=O) groups is 2. The summed E-state index contributed by atoms with van der Waals surface area (Å²) in [7, 11) is 3.37. The van der Waals surface area contributed by atoms with Gasteiger partial charge >= 0.3 is 6.03 Å². The number of pyridine rings is 1. The lowest BCUT2D eigenvalue weighted by atomic mass is 9.99. The number of urea groups is 1. The minimum Gasteiger partial charge on any atom is -0.348 e. The number of likely N-dealkylation sites (tertiary alicyclic amines) is 1.